The highest BCUT2D eigenvalue weighted by Gasteiger charge is 2.32. The van der Waals surface area contributed by atoms with Gasteiger partial charge in [-0.05, 0) is 30.3 Å². The number of benzene rings is 1. The maximum Gasteiger partial charge on any atom is 0.416 e. The highest BCUT2D eigenvalue weighted by molar-refractivity contribution is 5.94. The average molecular weight is 459 g/mol. The van der Waals surface area contributed by atoms with Crippen molar-refractivity contribution in [3.63, 3.8) is 0 Å². The SMILES string of the molecule is Cn1c(N2CCOC(C(=O)Nc3cccc(C(F)(F)F)c3)C2)nc(-c2ccncc2)cc1=O. The fourth-order valence-corrected chi connectivity index (χ4v) is 3.47. The first-order chi connectivity index (χ1) is 15.7. The van der Waals surface area contributed by atoms with Crippen LogP contribution in [0.4, 0.5) is 24.8 Å². The largest absolute Gasteiger partial charge is 0.416 e. The molecule has 0 aliphatic carbocycles. The molecule has 0 bridgehead atoms. The third-order valence-electron chi connectivity index (χ3n) is 5.19. The van der Waals surface area contributed by atoms with E-state index in [1.807, 2.05) is 0 Å². The first-order valence-electron chi connectivity index (χ1n) is 10.1. The molecule has 4 rings (SSSR count). The van der Waals surface area contributed by atoms with E-state index in [2.05, 4.69) is 15.3 Å². The zero-order valence-electron chi connectivity index (χ0n) is 17.5. The minimum absolute atomic E-state index is 0.0146. The van der Waals surface area contributed by atoms with Gasteiger partial charge < -0.3 is 15.0 Å². The first kappa shape index (κ1) is 22.5. The molecule has 8 nitrogen and oxygen atoms in total. The Balaban J connectivity index is 1.54. The zero-order valence-corrected chi connectivity index (χ0v) is 17.5. The lowest BCUT2D eigenvalue weighted by Crippen LogP contribution is -2.49. The van der Waals surface area contributed by atoms with E-state index in [1.165, 1.54) is 22.8 Å². The van der Waals surface area contributed by atoms with Crippen LogP contribution in [0.15, 0.2) is 59.7 Å². The van der Waals surface area contributed by atoms with Crippen LogP contribution in [0.3, 0.4) is 0 Å². The monoisotopic (exact) mass is 459 g/mol. The molecule has 1 saturated heterocycles. The molecule has 1 aliphatic heterocycles. The molecule has 1 atom stereocenters. The van der Waals surface area contributed by atoms with E-state index in [-0.39, 0.29) is 24.4 Å². The van der Waals surface area contributed by atoms with Crippen LogP contribution in [-0.4, -0.2) is 46.2 Å². The number of rotatable bonds is 4. The molecule has 3 heterocycles. The van der Waals surface area contributed by atoms with Crippen molar-refractivity contribution in [2.45, 2.75) is 12.3 Å². The van der Waals surface area contributed by atoms with Crippen molar-refractivity contribution in [1.29, 1.82) is 0 Å². The van der Waals surface area contributed by atoms with E-state index in [0.717, 1.165) is 17.7 Å². The number of nitrogens with zero attached hydrogens (tertiary/aromatic N) is 4. The number of amides is 1. The lowest BCUT2D eigenvalue weighted by atomic mass is 10.2. The van der Waals surface area contributed by atoms with Crippen LogP contribution >= 0.6 is 0 Å². The quantitative estimate of drug-likeness (QED) is 0.646. The van der Waals surface area contributed by atoms with Gasteiger partial charge in [0.2, 0.25) is 5.95 Å². The summed E-state index contributed by atoms with van der Waals surface area (Å²) in [7, 11) is 1.58. The Labute approximate surface area is 186 Å². The molecule has 0 radical (unpaired) electrons. The molecule has 1 aliphatic rings. The fourth-order valence-electron chi connectivity index (χ4n) is 3.47. The van der Waals surface area contributed by atoms with Gasteiger partial charge in [-0.25, -0.2) is 4.98 Å². The minimum atomic E-state index is -4.52. The highest BCUT2D eigenvalue weighted by atomic mass is 19.4. The number of aromatic nitrogens is 3. The molecule has 2 aromatic heterocycles. The molecule has 11 heteroatoms. The second-order valence-corrected chi connectivity index (χ2v) is 7.45. The second-order valence-electron chi connectivity index (χ2n) is 7.45. The normalized spacial score (nSPS) is 16.5. The summed E-state index contributed by atoms with van der Waals surface area (Å²) in [6.45, 7) is 0.633. The maximum atomic E-state index is 12.9. The molecular weight excluding hydrogens is 439 g/mol. The van der Waals surface area contributed by atoms with Gasteiger partial charge in [-0.1, -0.05) is 6.07 Å². The van der Waals surface area contributed by atoms with Crippen molar-refractivity contribution in [3.05, 3.63) is 70.8 Å². The number of morpholine rings is 1. The van der Waals surface area contributed by atoms with Crippen LogP contribution in [0, 0.1) is 0 Å². The molecule has 1 aromatic carbocycles. The third-order valence-corrected chi connectivity index (χ3v) is 5.19. The summed E-state index contributed by atoms with van der Waals surface area (Å²) in [5, 5.41) is 2.47. The summed E-state index contributed by atoms with van der Waals surface area (Å²) in [4.78, 5) is 35.5. The summed E-state index contributed by atoms with van der Waals surface area (Å²) in [5.74, 6) is -0.233. The second kappa shape index (κ2) is 9.02. The van der Waals surface area contributed by atoms with Crippen LogP contribution in [0.5, 0.6) is 0 Å². The Morgan fingerprint density at radius 3 is 2.67 bits per heavy atom. The van der Waals surface area contributed by atoms with E-state index in [9.17, 15) is 22.8 Å². The van der Waals surface area contributed by atoms with Crippen molar-refractivity contribution in [2.75, 3.05) is 29.9 Å². The number of alkyl halides is 3. The Morgan fingerprint density at radius 1 is 1.18 bits per heavy atom. The van der Waals surface area contributed by atoms with Crippen molar-refractivity contribution < 1.29 is 22.7 Å². The van der Waals surface area contributed by atoms with Gasteiger partial charge in [-0.3, -0.25) is 19.1 Å². The standard InChI is InChI=1S/C22H20F3N5O3/c1-29-19(31)12-17(14-5-7-26-8-6-14)28-21(29)30-9-10-33-18(13-30)20(32)27-16-4-2-3-15(11-16)22(23,24)25/h2-8,11-12,18H,9-10,13H2,1H3,(H,27,32). The van der Waals surface area contributed by atoms with E-state index in [1.54, 1.807) is 36.5 Å². The maximum absolute atomic E-state index is 12.9. The number of anilines is 2. The Kier molecular flexibility index (Phi) is 6.14. The van der Waals surface area contributed by atoms with Crippen LogP contribution in [0.2, 0.25) is 0 Å². The molecule has 172 valence electrons. The molecule has 1 fully saturated rings. The van der Waals surface area contributed by atoms with Crippen LogP contribution in [0.1, 0.15) is 5.56 Å². The molecular formula is C22H20F3N5O3. The van der Waals surface area contributed by atoms with Crippen molar-refractivity contribution in [3.8, 4) is 11.3 Å². The number of nitrogens with one attached hydrogen (secondary N) is 1. The summed E-state index contributed by atoms with van der Waals surface area (Å²) in [5.41, 5.74) is 0.0608. The van der Waals surface area contributed by atoms with E-state index in [4.69, 9.17) is 4.74 Å². The summed E-state index contributed by atoms with van der Waals surface area (Å²) >= 11 is 0. The number of halogens is 3. The van der Waals surface area contributed by atoms with Crippen LogP contribution < -0.4 is 15.8 Å². The van der Waals surface area contributed by atoms with Gasteiger partial charge >= 0.3 is 6.18 Å². The van der Waals surface area contributed by atoms with E-state index < -0.39 is 23.8 Å². The Bertz CT molecular complexity index is 1210. The topological polar surface area (TPSA) is 89.3 Å². The van der Waals surface area contributed by atoms with Gasteiger partial charge in [-0.15, -0.1) is 0 Å². The number of hydrogen-bond acceptors (Lipinski definition) is 6. The van der Waals surface area contributed by atoms with Gasteiger partial charge in [0.15, 0.2) is 6.10 Å². The molecule has 1 amide bonds. The Hall–Kier alpha value is -3.73. The third kappa shape index (κ3) is 5.03. The predicted octanol–water partition coefficient (Wildman–Crippen LogP) is 2.71. The predicted molar refractivity (Wildman–Crippen MR) is 115 cm³/mol. The smallest absolute Gasteiger partial charge is 0.365 e. The lowest BCUT2D eigenvalue weighted by Gasteiger charge is -2.33. The molecule has 0 saturated carbocycles. The minimum Gasteiger partial charge on any atom is -0.365 e. The zero-order chi connectivity index (χ0) is 23.6. The van der Waals surface area contributed by atoms with Crippen molar-refractivity contribution in [1.82, 2.24) is 14.5 Å². The lowest BCUT2D eigenvalue weighted by molar-refractivity contribution is -0.137. The molecule has 3 aromatic rings. The summed E-state index contributed by atoms with van der Waals surface area (Å²) in [6.07, 6.45) is -2.29. The highest BCUT2D eigenvalue weighted by Crippen LogP contribution is 2.30. The summed E-state index contributed by atoms with van der Waals surface area (Å²) in [6, 6.07) is 9.26. The molecule has 1 unspecified atom stereocenters. The van der Waals surface area contributed by atoms with Gasteiger partial charge in [0.05, 0.1) is 24.4 Å². The van der Waals surface area contributed by atoms with Gasteiger partial charge in [0, 0.05) is 43.3 Å². The number of ether oxygens (including phenoxy) is 1. The van der Waals surface area contributed by atoms with E-state index >= 15 is 0 Å². The van der Waals surface area contributed by atoms with Crippen LogP contribution in [-0.2, 0) is 22.8 Å². The number of hydrogen-bond donors (Lipinski definition) is 1. The number of pyridine rings is 1. The van der Waals surface area contributed by atoms with Gasteiger partial charge in [-0.2, -0.15) is 13.2 Å². The Morgan fingerprint density at radius 2 is 1.94 bits per heavy atom. The van der Waals surface area contributed by atoms with Gasteiger partial charge in [0.1, 0.15) is 0 Å². The first-order valence-corrected chi connectivity index (χ1v) is 10.1. The van der Waals surface area contributed by atoms with Crippen molar-refractivity contribution >= 4 is 17.5 Å². The fraction of sp³-hybridized carbons (Fsp3) is 0.273. The molecule has 0 spiro atoms. The molecule has 1 N–H and O–H groups in total. The average Bonchev–Trinajstić information content (AvgIpc) is 2.81. The number of carbonyl (C=O) groups is 1. The van der Waals surface area contributed by atoms with Crippen LogP contribution in [0.25, 0.3) is 11.3 Å². The van der Waals surface area contributed by atoms with Gasteiger partial charge in [0.25, 0.3) is 11.5 Å². The number of carbonyl (C=O) groups excluding carboxylic acids is 1. The summed E-state index contributed by atoms with van der Waals surface area (Å²) < 4.78 is 45.7. The van der Waals surface area contributed by atoms with Crippen molar-refractivity contribution in [2.24, 2.45) is 7.05 Å². The molecule has 33 heavy (non-hydrogen) atoms. The van der Waals surface area contributed by atoms with E-state index in [0.29, 0.717) is 18.2 Å².